The highest BCUT2D eigenvalue weighted by molar-refractivity contribution is 7.10. The van der Waals surface area contributed by atoms with Gasteiger partial charge in [-0.2, -0.15) is 5.10 Å². The third-order valence-electron chi connectivity index (χ3n) is 5.56. The molecule has 4 rings (SSSR count). The zero-order valence-electron chi connectivity index (χ0n) is 17.0. The number of hydrogen-bond acceptors (Lipinski definition) is 6. The molecule has 1 saturated heterocycles. The largest absolute Gasteiger partial charge is 0.497 e. The molecular formula is C22H27N3O3S. The Morgan fingerprint density at radius 3 is 2.69 bits per heavy atom. The molecule has 1 atom stereocenters. The van der Waals surface area contributed by atoms with Gasteiger partial charge in [-0.25, -0.2) is 5.01 Å². The van der Waals surface area contributed by atoms with Gasteiger partial charge in [-0.1, -0.05) is 12.5 Å². The number of benzene rings is 1. The number of nitrogens with zero attached hydrogens (tertiary/aromatic N) is 3. The van der Waals surface area contributed by atoms with Gasteiger partial charge in [0.25, 0.3) is 5.91 Å². The molecule has 1 aromatic carbocycles. The minimum absolute atomic E-state index is 0.0610. The lowest BCUT2D eigenvalue weighted by Gasteiger charge is -2.28. The minimum atomic E-state index is -0.0610. The first kappa shape index (κ1) is 19.9. The molecule has 0 N–H and O–H groups in total. The Morgan fingerprint density at radius 1 is 1.17 bits per heavy atom. The average molecular weight is 414 g/mol. The van der Waals surface area contributed by atoms with Gasteiger partial charge in [0.1, 0.15) is 11.5 Å². The number of piperidine rings is 1. The topological polar surface area (TPSA) is 54.4 Å². The summed E-state index contributed by atoms with van der Waals surface area (Å²) >= 11 is 1.67. The van der Waals surface area contributed by atoms with Gasteiger partial charge < -0.3 is 9.47 Å². The van der Waals surface area contributed by atoms with E-state index in [4.69, 9.17) is 14.6 Å². The first-order chi connectivity index (χ1) is 14.2. The van der Waals surface area contributed by atoms with Crippen molar-refractivity contribution in [3.8, 4) is 11.5 Å². The molecule has 29 heavy (non-hydrogen) atoms. The maximum atomic E-state index is 13.2. The molecule has 0 bridgehead atoms. The molecule has 6 nitrogen and oxygen atoms in total. The van der Waals surface area contributed by atoms with Crippen molar-refractivity contribution in [2.24, 2.45) is 5.10 Å². The third kappa shape index (κ3) is 4.31. The lowest BCUT2D eigenvalue weighted by molar-refractivity contribution is -0.134. The van der Waals surface area contributed by atoms with E-state index < -0.39 is 0 Å². The first-order valence-corrected chi connectivity index (χ1v) is 10.9. The molecule has 2 aliphatic heterocycles. The van der Waals surface area contributed by atoms with Crippen LogP contribution >= 0.6 is 11.3 Å². The predicted molar refractivity (Wildman–Crippen MR) is 115 cm³/mol. The fourth-order valence-corrected chi connectivity index (χ4v) is 4.84. The van der Waals surface area contributed by atoms with Gasteiger partial charge in [0.05, 0.1) is 32.5 Å². The Labute approximate surface area is 175 Å². The first-order valence-electron chi connectivity index (χ1n) is 10.1. The zero-order chi connectivity index (χ0) is 20.2. The van der Waals surface area contributed by atoms with E-state index in [0.717, 1.165) is 35.0 Å². The van der Waals surface area contributed by atoms with Crippen LogP contribution in [0.4, 0.5) is 0 Å². The molecule has 1 amide bonds. The fraction of sp³-hybridized carbons (Fsp3) is 0.455. The van der Waals surface area contributed by atoms with Crippen LogP contribution in [0.2, 0.25) is 0 Å². The Hall–Kier alpha value is -2.38. The molecule has 3 heterocycles. The number of amides is 1. The molecule has 0 aliphatic carbocycles. The molecule has 1 aromatic heterocycles. The molecule has 0 saturated carbocycles. The summed E-state index contributed by atoms with van der Waals surface area (Å²) in [5, 5.41) is 8.53. The van der Waals surface area contributed by atoms with Gasteiger partial charge in [0.15, 0.2) is 0 Å². The highest BCUT2D eigenvalue weighted by atomic mass is 32.1. The lowest BCUT2D eigenvalue weighted by Crippen LogP contribution is -2.40. The molecule has 2 aromatic rings. The molecule has 0 unspecified atom stereocenters. The normalized spacial score (nSPS) is 19.9. The maximum absolute atomic E-state index is 13.2. The molecule has 1 fully saturated rings. The van der Waals surface area contributed by atoms with Crippen LogP contribution < -0.4 is 9.47 Å². The molecule has 2 aliphatic rings. The van der Waals surface area contributed by atoms with Gasteiger partial charge in [-0.05, 0) is 49.5 Å². The van der Waals surface area contributed by atoms with Gasteiger partial charge in [0, 0.05) is 22.9 Å². The van der Waals surface area contributed by atoms with E-state index in [-0.39, 0.29) is 11.9 Å². The summed E-state index contributed by atoms with van der Waals surface area (Å²) in [5.74, 6) is 1.50. The van der Waals surface area contributed by atoms with E-state index in [9.17, 15) is 4.79 Å². The number of likely N-dealkylation sites (tertiary alicyclic amines) is 1. The van der Waals surface area contributed by atoms with E-state index in [0.29, 0.717) is 18.7 Å². The number of rotatable bonds is 6. The number of hydrogen-bond donors (Lipinski definition) is 0. The zero-order valence-corrected chi connectivity index (χ0v) is 17.8. The van der Waals surface area contributed by atoms with Crippen LogP contribution in [0.5, 0.6) is 11.5 Å². The van der Waals surface area contributed by atoms with Crippen LogP contribution in [0.3, 0.4) is 0 Å². The summed E-state index contributed by atoms with van der Waals surface area (Å²) < 4.78 is 10.9. The van der Waals surface area contributed by atoms with Crippen molar-refractivity contribution in [1.29, 1.82) is 0 Å². The van der Waals surface area contributed by atoms with Crippen molar-refractivity contribution < 1.29 is 14.3 Å². The molecule has 0 radical (unpaired) electrons. The SMILES string of the molecule is COc1ccc(C2=NN(C(=O)CN3CCCCC3)[C@@H](c3cccs3)C2)c(OC)c1. The molecule has 154 valence electrons. The second-order valence-corrected chi connectivity index (χ2v) is 8.40. The number of thiophene rings is 1. The van der Waals surface area contributed by atoms with Crippen molar-refractivity contribution in [2.75, 3.05) is 33.9 Å². The van der Waals surface area contributed by atoms with Gasteiger partial charge >= 0.3 is 0 Å². The highest BCUT2D eigenvalue weighted by Gasteiger charge is 2.35. The Morgan fingerprint density at radius 2 is 2.00 bits per heavy atom. The number of carbonyl (C=O) groups is 1. The van der Waals surface area contributed by atoms with Gasteiger partial charge in [-0.15, -0.1) is 11.3 Å². The molecule has 0 spiro atoms. The number of ether oxygens (including phenoxy) is 2. The third-order valence-corrected chi connectivity index (χ3v) is 6.54. The quantitative estimate of drug-likeness (QED) is 0.720. The van der Waals surface area contributed by atoms with E-state index in [1.165, 1.54) is 19.3 Å². The predicted octanol–water partition coefficient (Wildman–Crippen LogP) is 3.93. The standard InChI is InChI=1S/C22H27N3O3S/c1-27-16-8-9-17(20(13-16)28-2)18-14-19(21-7-6-12-29-21)25(23-18)22(26)15-24-10-4-3-5-11-24/h6-9,12-13,19H,3-5,10-11,14-15H2,1-2H3/t19-/m1/s1. The van der Waals surface area contributed by atoms with Crippen molar-refractivity contribution in [3.63, 3.8) is 0 Å². The lowest BCUT2D eigenvalue weighted by atomic mass is 10.0. The highest BCUT2D eigenvalue weighted by Crippen LogP contribution is 2.37. The van der Waals surface area contributed by atoms with Crippen molar-refractivity contribution >= 4 is 23.0 Å². The summed E-state index contributed by atoms with van der Waals surface area (Å²) in [7, 11) is 3.28. The Bertz CT molecular complexity index is 875. The van der Waals surface area contributed by atoms with E-state index in [1.54, 1.807) is 30.6 Å². The monoisotopic (exact) mass is 413 g/mol. The van der Waals surface area contributed by atoms with E-state index in [2.05, 4.69) is 16.3 Å². The second-order valence-electron chi connectivity index (χ2n) is 7.42. The Balaban J connectivity index is 1.61. The summed E-state index contributed by atoms with van der Waals surface area (Å²) in [6.45, 7) is 2.41. The number of carbonyl (C=O) groups excluding carboxylic acids is 1. The summed E-state index contributed by atoms with van der Waals surface area (Å²) in [4.78, 5) is 16.6. The van der Waals surface area contributed by atoms with E-state index >= 15 is 0 Å². The molecular weight excluding hydrogens is 386 g/mol. The van der Waals surface area contributed by atoms with E-state index in [1.807, 2.05) is 24.3 Å². The molecule has 7 heteroatoms. The summed E-state index contributed by atoms with van der Waals surface area (Å²) in [5.41, 5.74) is 1.78. The van der Waals surface area contributed by atoms with Gasteiger partial charge in [0.2, 0.25) is 0 Å². The summed E-state index contributed by atoms with van der Waals surface area (Å²) in [6.07, 6.45) is 4.26. The van der Waals surface area contributed by atoms with Crippen LogP contribution in [0.25, 0.3) is 0 Å². The minimum Gasteiger partial charge on any atom is -0.497 e. The second kappa shape index (κ2) is 8.97. The average Bonchev–Trinajstić information content (AvgIpc) is 3.44. The smallest absolute Gasteiger partial charge is 0.257 e. The van der Waals surface area contributed by atoms with Crippen LogP contribution in [0, 0.1) is 0 Å². The van der Waals surface area contributed by atoms with Crippen LogP contribution in [0.15, 0.2) is 40.8 Å². The van der Waals surface area contributed by atoms with Crippen molar-refractivity contribution in [1.82, 2.24) is 9.91 Å². The van der Waals surface area contributed by atoms with Crippen LogP contribution in [-0.4, -0.2) is 55.4 Å². The maximum Gasteiger partial charge on any atom is 0.257 e. The van der Waals surface area contributed by atoms with Crippen molar-refractivity contribution in [2.45, 2.75) is 31.7 Å². The van der Waals surface area contributed by atoms with Gasteiger partial charge in [-0.3, -0.25) is 9.69 Å². The van der Waals surface area contributed by atoms with Crippen LogP contribution in [-0.2, 0) is 4.79 Å². The van der Waals surface area contributed by atoms with Crippen molar-refractivity contribution in [3.05, 3.63) is 46.2 Å². The van der Waals surface area contributed by atoms with Crippen LogP contribution in [0.1, 0.15) is 42.2 Å². The Kier molecular flexibility index (Phi) is 6.16. The number of hydrazone groups is 1. The summed E-state index contributed by atoms with van der Waals surface area (Å²) in [6, 6.07) is 9.77. The number of methoxy groups -OCH3 is 2. The fourth-order valence-electron chi connectivity index (χ4n) is 4.02.